The Bertz CT molecular complexity index is 1020. The highest BCUT2D eigenvalue weighted by Gasteiger charge is 2.21. The van der Waals surface area contributed by atoms with E-state index < -0.39 is 5.91 Å². The Balaban J connectivity index is 1.67. The molecule has 154 valence electrons. The second-order valence-corrected chi connectivity index (χ2v) is 7.78. The fourth-order valence-electron chi connectivity index (χ4n) is 3.39. The number of ether oxygens (including phenoxy) is 4. The number of amides is 1. The van der Waals surface area contributed by atoms with Crippen LogP contribution in [0.5, 0.6) is 17.2 Å². The van der Waals surface area contributed by atoms with E-state index >= 15 is 0 Å². The molecule has 29 heavy (non-hydrogen) atoms. The van der Waals surface area contributed by atoms with Crippen molar-refractivity contribution in [2.45, 2.75) is 25.4 Å². The Morgan fingerprint density at radius 1 is 1.24 bits per heavy atom. The van der Waals surface area contributed by atoms with Gasteiger partial charge >= 0.3 is 0 Å². The highest BCUT2D eigenvalue weighted by Crippen LogP contribution is 2.37. The Labute approximate surface area is 172 Å². The number of benzene rings is 1. The molecule has 1 aliphatic heterocycles. The number of fused-ring (bicyclic) bond motifs is 1. The molecule has 1 saturated heterocycles. The molecule has 0 radical (unpaired) electrons. The summed E-state index contributed by atoms with van der Waals surface area (Å²) in [6.45, 7) is 1.14. The molecule has 0 spiro atoms. The topological polar surface area (TPSA) is 97.8 Å². The number of hydrogen-bond acceptors (Lipinski definition) is 7. The van der Waals surface area contributed by atoms with E-state index in [-0.39, 0.29) is 6.10 Å². The SMILES string of the molecule is COc1cc2ncn(-c3cc(OCC4CCCCO4)c(C(N)=O)s3)c2cc1OC. The van der Waals surface area contributed by atoms with Crippen molar-refractivity contribution in [3.8, 4) is 22.2 Å². The van der Waals surface area contributed by atoms with Gasteiger partial charge in [0.25, 0.3) is 5.91 Å². The van der Waals surface area contributed by atoms with Gasteiger partial charge in [0.05, 0.1) is 31.4 Å². The van der Waals surface area contributed by atoms with Gasteiger partial charge in [-0.05, 0) is 19.3 Å². The van der Waals surface area contributed by atoms with E-state index in [1.165, 1.54) is 11.3 Å². The summed E-state index contributed by atoms with van der Waals surface area (Å²) >= 11 is 1.26. The van der Waals surface area contributed by atoms with E-state index in [4.69, 9.17) is 24.7 Å². The molecule has 2 N–H and O–H groups in total. The molecule has 9 heteroatoms. The summed E-state index contributed by atoms with van der Waals surface area (Å²) < 4.78 is 24.2. The molecule has 4 rings (SSSR count). The van der Waals surface area contributed by atoms with Crippen LogP contribution in [0.1, 0.15) is 28.9 Å². The third kappa shape index (κ3) is 3.88. The number of primary amides is 1. The first-order valence-corrected chi connectivity index (χ1v) is 10.2. The molecule has 0 aliphatic carbocycles. The number of carbonyl (C=O) groups excluding carboxylic acids is 1. The van der Waals surface area contributed by atoms with E-state index in [0.29, 0.717) is 28.7 Å². The number of aromatic nitrogens is 2. The lowest BCUT2D eigenvalue weighted by Gasteiger charge is -2.22. The summed E-state index contributed by atoms with van der Waals surface area (Å²) in [7, 11) is 3.17. The number of rotatable bonds is 7. The molecule has 1 unspecified atom stereocenters. The van der Waals surface area contributed by atoms with Gasteiger partial charge in [0.1, 0.15) is 28.6 Å². The zero-order valence-corrected chi connectivity index (χ0v) is 17.2. The molecule has 1 amide bonds. The van der Waals surface area contributed by atoms with Crippen LogP contribution in [-0.4, -0.2) is 49.0 Å². The molecule has 1 atom stereocenters. The Hall–Kier alpha value is -2.78. The molecular formula is C20H23N3O5S. The van der Waals surface area contributed by atoms with Crippen LogP contribution in [0.2, 0.25) is 0 Å². The smallest absolute Gasteiger partial charge is 0.262 e. The van der Waals surface area contributed by atoms with Crippen molar-refractivity contribution in [2.24, 2.45) is 5.73 Å². The van der Waals surface area contributed by atoms with Crippen molar-refractivity contribution in [2.75, 3.05) is 27.4 Å². The van der Waals surface area contributed by atoms with Crippen molar-refractivity contribution < 1.29 is 23.7 Å². The van der Waals surface area contributed by atoms with Crippen LogP contribution < -0.4 is 19.9 Å². The van der Waals surface area contributed by atoms with Crippen LogP contribution >= 0.6 is 11.3 Å². The minimum atomic E-state index is -0.524. The minimum Gasteiger partial charge on any atom is -0.493 e. The van der Waals surface area contributed by atoms with Gasteiger partial charge in [0.2, 0.25) is 0 Å². The lowest BCUT2D eigenvalue weighted by molar-refractivity contribution is -0.0111. The average molecular weight is 417 g/mol. The monoisotopic (exact) mass is 417 g/mol. The molecule has 1 fully saturated rings. The zero-order chi connectivity index (χ0) is 20.4. The Morgan fingerprint density at radius 3 is 2.72 bits per heavy atom. The predicted octanol–water partition coefficient (Wildman–Crippen LogP) is 3.15. The maximum absolute atomic E-state index is 12.0. The number of nitrogens with two attached hydrogens (primary N) is 1. The summed E-state index contributed by atoms with van der Waals surface area (Å²) in [6.07, 6.45) is 4.88. The predicted molar refractivity (Wildman–Crippen MR) is 110 cm³/mol. The molecule has 1 aromatic carbocycles. The summed E-state index contributed by atoms with van der Waals surface area (Å²) in [5.74, 6) is 1.14. The van der Waals surface area contributed by atoms with Crippen LogP contribution in [-0.2, 0) is 4.74 Å². The molecule has 2 aromatic heterocycles. The van der Waals surface area contributed by atoms with Gasteiger partial charge in [0.15, 0.2) is 11.5 Å². The molecule has 3 heterocycles. The lowest BCUT2D eigenvalue weighted by atomic mass is 10.1. The first-order chi connectivity index (χ1) is 14.1. The number of thiophene rings is 1. The third-order valence-corrected chi connectivity index (χ3v) is 6.03. The third-order valence-electron chi connectivity index (χ3n) is 4.90. The number of hydrogen-bond donors (Lipinski definition) is 1. The summed E-state index contributed by atoms with van der Waals surface area (Å²) in [6, 6.07) is 5.47. The van der Waals surface area contributed by atoms with Gasteiger partial charge in [-0.15, -0.1) is 11.3 Å². The fourth-order valence-corrected chi connectivity index (χ4v) is 4.33. The lowest BCUT2D eigenvalue weighted by Crippen LogP contribution is -2.26. The molecule has 0 bridgehead atoms. The maximum atomic E-state index is 12.0. The molecular weight excluding hydrogens is 394 g/mol. The van der Waals surface area contributed by atoms with Gasteiger partial charge < -0.3 is 24.7 Å². The van der Waals surface area contributed by atoms with Gasteiger partial charge in [-0.25, -0.2) is 4.98 Å². The van der Waals surface area contributed by atoms with Crippen LogP contribution in [0, 0.1) is 0 Å². The molecule has 0 saturated carbocycles. The largest absolute Gasteiger partial charge is 0.493 e. The van der Waals surface area contributed by atoms with Crippen molar-refractivity contribution in [1.29, 1.82) is 0 Å². The zero-order valence-electron chi connectivity index (χ0n) is 16.3. The summed E-state index contributed by atoms with van der Waals surface area (Å²) in [4.78, 5) is 16.8. The highest BCUT2D eigenvalue weighted by atomic mass is 32.1. The first kappa shape index (κ1) is 19.5. The van der Waals surface area contributed by atoms with Crippen molar-refractivity contribution in [3.05, 3.63) is 29.4 Å². The number of carbonyl (C=O) groups is 1. The van der Waals surface area contributed by atoms with E-state index in [2.05, 4.69) is 4.98 Å². The van der Waals surface area contributed by atoms with Gasteiger partial charge in [-0.3, -0.25) is 9.36 Å². The quantitative estimate of drug-likeness (QED) is 0.634. The normalized spacial score (nSPS) is 16.7. The van der Waals surface area contributed by atoms with E-state index in [0.717, 1.165) is 41.9 Å². The fraction of sp³-hybridized carbons (Fsp3) is 0.400. The van der Waals surface area contributed by atoms with Crippen LogP contribution in [0.4, 0.5) is 0 Å². The second kappa shape index (κ2) is 8.30. The van der Waals surface area contributed by atoms with Crippen LogP contribution in [0.3, 0.4) is 0 Å². The highest BCUT2D eigenvalue weighted by molar-refractivity contribution is 7.16. The molecule has 3 aromatic rings. The van der Waals surface area contributed by atoms with Gasteiger partial charge in [0, 0.05) is 24.8 Å². The first-order valence-electron chi connectivity index (χ1n) is 9.38. The maximum Gasteiger partial charge on any atom is 0.262 e. The number of imidazole rings is 1. The van der Waals surface area contributed by atoms with Crippen molar-refractivity contribution in [1.82, 2.24) is 9.55 Å². The summed E-state index contributed by atoms with van der Waals surface area (Å²) in [5, 5.41) is 0.771. The average Bonchev–Trinajstić information content (AvgIpc) is 3.35. The van der Waals surface area contributed by atoms with E-state index in [9.17, 15) is 4.79 Å². The summed E-state index contributed by atoms with van der Waals surface area (Å²) in [5.41, 5.74) is 7.15. The number of nitrogens with zero attached hydrogens (tertiary/aromatic N) is 2. The van der Waals surface area contributed by atoms with Crippen LogP contribution in [0.15, 0.2) is 24.5 Å². The molecule has 8 nitrogen and oxygen atoms in total. The van der Waals surface area contributed by atoms with Gasteiger partial charge in [-0.1, -0.05) is 0 Å². The Kier molecular flexibility index (Phi) is 5.59. The second-order valence-electron chi connectivity index (χ2n) is 6.75. The van der Waals surface area contributed by atoms with E-state index in [1.54, 1.807) is 20.5 Å². The minimum absolute atomic E-state index is 0.0404. The van der Waals surface area contributed by atoms with Crippen LogP contribution in [0.25, 0.3) is 16.0 Å². The number of methoxy groups -OCH3 is 2. The van der Waals surface area contributed by atoms with Crippen molar-refractivity contribution >= 4 is 28.3 Å². The van der Waals surface area contributed by atoms with Gasteiger partial charge in [-0.2, -0.15) is 0 Å². The van der Waals surface area contributed by atoms with E-state index in [1.807, 2.05) is 22.8 Å². The molecule has 1 aliphatic rings. The Morgan fingerprint density at radius 2 is 2.03 bits per heavy atom. The standard InChI is InChI=1S/C20H23N3O5S/c1-25-15-7-13-14(8-16(15)26-2)23(11-22-13)18-9-17(19(29-18)20(21)24)28-10-12-5-3-4-6-27-12/h7-9,11-12H,3-6,10H2,1-2H3,(H2,21,24). The van der Waals surface area contributed by atoms with Crippen molar-refractivity contribution in [3.63, 3.8) is 0 Å².